The topological polar surface area (TPSA) is 42.0 Å². The van der Waals surface area contributed by atoms with E-state index in [2.05, 4.69) is 22.4 Å². The van der Waals surface area contributed by atoms with Gasteiger partial charge in [0.2, 0.25) is 0 Å². The molecular formula is C26H23ClN2OS. The van der Waals surface area contributed by atoms with Crippen molar-refractivity contribution in [3.05, 3.63) is 76.3 Å². The number of carbonyl (C=O) groups excluding carboxylic acids is 1. The lowest BCUT2D eigenvalue weighted by atomic mass is 9.97. The Bertz CT molecular complexity index is 1290. The van der Waals surface area contributed by atoms with E-state index in [1.54, 1.807) is 11.3 Å². The zero-order chi connectivity index (χ0) is 21.2. The smallest absolute Gasteiger partial charge is 0.262 e. The molecule has 0 atom stereocenters. The molecule has 156 valence electrons. The molecule has 1 aliphatic carbocycles. The van der Waals surface area contributed by atoms with E-state index < -0.39 is 0 Å². The molecule has 0 radical (unpaired) electrons. The highest BCUT2D eigenvalue weighted by Gasteiger charge is 2.21. The summed E-state index contributed by atoms with van der Waals surface area (Å²) in [5.74, 6) is -0.0216. The van der Waals surface area contributed by atoms with Gasteiger partial charge in [-0.3, -0.25) is 9.78 Å². The molecule has 0 spiro atoms. The number of halogens is 1. The van der Waals surface area contributed by atoms with Crippen molar-refractivity contribution < 1.29 is 4.79 Å². The molecule has 0 bridgehead atoms. The van der Waals surface area contributed by atoms with Crippen LogP contribution in [0.3, 0.4) is 0 Å². The molecule has 5 rings (SSSR count). The van der Waals surface area contributed by atoms with E-state index in [9.17, 15) is 4.79 Å². The molecule has 1 aliphatic rings. The van der Waals surface area contributed by atoms with Crippen LogP contribution in [0.5, 0.6) is 0 Å². The Balaban J connectivity index is 1.54. The Hall–Kier alpha value is -2.69. The first kappa shape index (κ1) is 20.2. The summed E-state index contributed by atoms with van der Waals surface area (Å²) in [7, 11) is 0. The average molecular weight is 447 g/mol. The number of aromatic nitrogens is 1. The Morgan fingerprint density at radius 1 is 1.06 bits per heavy atom. The zero-order valence-corrected chi connectivity index (χ0v) is 18.7. The lowest BCUT2D eigenvalue weighted by molar-refractivity contribution is 0.0958. The first-order valence-corrected chi connectivity index (χ1v) is 11.9. The van der Waals surface area contributed by atoms with Gasteiger partial charge in [0.25, 0.3) is 5.91 Å². The van der Waals surface area contributed by atoms with E-state index in [1.807, 2.05) is 48.7 Å². The average Bonchev–Trinajstić information content (AvgIpc) is 3.20. The minimum Gasteiger partial charge on any atom is -0.351 e. The number of hydrogen-bond donors (Lipinski definition) is 1. The van der Waals surface area contributed by atoms with E-state index in [1.165, 1.54) is 24.8 Å². The molecule has 2 heterocycles. The monoisotopic (exact) mass is 446 g/mol. The molecule has 31 heavy (non-hydrogen) atoms. The third-order valence-electron chi connectivity index (χ3n) is 5.88. The molecule has 0 unspecified atom stereocenters. The quantitative estimate of drug-likeness (QED) is 0.324. The number of fused-ring (bicyclic) bond motifs is 3. The molecule has 0 saturated carbocycles. The van der Waals surface area contributed by atoms with Gasteiger partial charge >= 0.3 is 0 Å². The van der Waals surface area contributed by atoms with Crippen LogP contribution < -0.4 is 5.32 Å². The fraction of sp³-hybridized carbons (Fsp3) is 0.231. The fourth-order valence-corrected chi connectivity index (χ4v) is 5.66. The van der Waals surface area contributed by atoms with Gasteiger partial charge in [-0.05, 0) is 55.9 Å². The van der Waals surface area contributed by atoms with Crippen LogP contribution in [-0.2, 0) is 0 Å². The number of hydrogen-bond acceptors (Lipinski definition) is 3. The van der Waals surface area contributed by atoms with Crippen molar-refractivity contribution in [1.29, 1.82) is 0 Å². The van der Waals surface area contributed by atoms with Gasteiger partial charge in [-0.2, -0.15) is 0 Å². The number of nitrogens with zero attached hydrogens (tertiary/aromatic N) is 1. The lowest BCUT2D eigenvalue weighted by Gasteiger charge is -2.13. The predicted molar refractivity (Wildman–Crippen MR) is 131 cm³/mol. The molecule has 1 amide bonds. The van der Waals surface area contributed by atoms with Gasteiger partial charge in [-0.25, -0.2) is 0 Å². The van der Waals surface area contributed by atoms with E-state index >= 15 is 0 Å². The van der Waals surface area contributed by atoms with E-state index in [-0.39, 0.29) is 5.91 Å². The SMILES string of the molecule is O=C(NCCC1=CCCCC1)c1sc2c(cnc3ccccc32)c1-c1ccc(Cl)cc1. The van der Waals surface area contributed by atoms with Crippen molar-refractivity contribution in [3.8, 4) is 11.1 Å². The number of pyridine rings is 1. The van der Waals surface area contributed by atoms with Gasteiger partial charge in [0.1, 0.15) is 4.88 Å². The number of para-hydroxylation sites is 1. The third-order valence-corrected chi connectivity index (χ3v) is 7.37. The molecule has 2 aromatic heterocycles. The second-order valence-corrected chi connectivity index (χ2v) is 9.40. The van der Waals surface area contributed by atoms with Gasteiger partial charge in [-0.1, -0.05) is 53.6 Å². The Labute approximate surface area is 190 Å². The molecule has 1 N–H and O–H groups in total. The normalized spacial score (nSPS) is 14.0. The van der Waals surface area contributed by atoms with Gasteiger partial charge in [0.15, 0.2) is 0 Å². The van der Waals surface area contributed by atoms with Crippen molar-refractivity contribution >= 4 is 49.8 Å². The highest BCUT2D eigenvalue weighted by molar-refractivity contribution is 7.22. The maximum absolute atomic E-state index is 13.3. The van der Waals surface area contributed by atoms with E-state index in [0.717, 1.165) is 49.8 Å². The van der Waals surface area contributed by atoms with Crippen molar-refractivity contribution in [3.63, 3.8) is 0 Å². The zero-order valence-electron chi connectivity index (χ0n) is 17.2. The Kier molecular flexibility index (Phi) is 5.75. The second-order valence-electron chi connectivity index (χ2n) is 7.95. The van der Waals surface area contributed by atoms with Crippen molar-refractivity contribution in [1.82, 2.24) is 10.3 Å². The van der Waals surface area contributed by atoms with Crippen LogP contribution in [0, 0.1) is 0 Å². The molecule has 0 fully saturated rings. The Morgan fingerprint density at radius 3 is 2.71 bits per heavy atom. The summed E-state index contributed by atoms with van der Waals surface area (Å²) < 4.78 is 1.09. The van der Waals surface area contributed by atoms with Crippen LogP contribution in [0.2, 0.25) is 5.02 Å². The standard InChI is InChI=1S/C26H23ClN2OS/c27-19-12-10-18(11-13-19)23-21-16-29-22-9-5-4-8-20(22)24(21)31-25(23)26(30)28-15-14-17-6-2-1-3-7-17/h4-6,8-13,16H,1-3,7,14-15H2,(H,28,30). The van der Waals surface area contributed by atoms with Crippen molar-refractivity contribution in [2.45, 2.75) is 32.1 Å². The molecule has 5 heteroatoms. The summed E-state index contributed by atoms with van der Waals surface area (Å²) >= 11 is 7.67. The number of carbonyl (C=O) groups is 1. The maximum atomic E-state index is 13.3. The summed E-state index contributed by atoms with van der Waals surface area (Å²) in [6.07, 6.45) is 10.0. The maximum Gasteiger partial charge on any atom is 0.262 e. The van der Waals surface area contributed by atoms with Crippen molar-refractivity contribution in [2.75, 3.05) is 6.54 Å². The molecule has 4 aromatic rings. The van der Waals surface area contributed by atoms with Gasteiger partial charge in [-0.15, -0.1) is 11.3 Å². The number of amides is 1. The first-order chi connectivity index (χ1) is 15.2. The number of allylic oxidation sites excluding steroid dienone is 1. The Morgan fingerprint density at radius 2 is 1.90 bits per heavy atom. The summed E-state index contributed by atoms with van der Waals surface area (Å²) in [4.78, 5) is 18.7. The number of rotatable bonds is 5. The molecule has 2 aromatic carbocycles. The summed E-state index contributed by atoms with van der Waals surface area (Å²) in [5.41, 5.74) is 4.32. The van der Waals surface area contributed by atoms with Crippen LogP contribution in [0.4, 0.5) is 0 Å². The van der Waals surface area contributed by atoms with Gasteiger partial charge in [0.05, 0.1) is 5.52 Å². The number of nitrogens with one attached hydrogen (secondary N) is 1. The minimum atomic E-state index is -0.0216. The van der Waals surface area contributed by atoms with Crippen LogP contribution in [0.15, 0.2) is 66.4 Å². The first-order valence-electron chi connectivity index (χ1n) is 10.7. The minimum absolute atomic E-state index is 0.0216. The predicted octanol–water partition coefficient (Wildman–Crippen LogP) is 7.39. The largest absolute Gasteiger partial charge is 0.351 e. The molecule has 3 nitrogen and oxygen atoms in total. The van der Waals surface area contributed by atoms with Crippen LogP contribution >= 0.6 is 22.9 Å². The van der Waals surface area contributed by atoms with E-state index in [4.69, 9.17) is 11.6 Å². The van der Waals surface area contributed by atoms with Gasteiger partial charge < -0.3 is 5.32 Å². The van der Waals surface area contributed by atoms with Crippen LogP contribution in [0.1, 0.15) is 41.8 Å². The number of thiophene rings is 1. The fourth-order valence-electron chi connectivity index (χ4n) is 4.29. The van der Waals surface area contributed by atoms with Gasteiger partial charge in [0, 0.05) is 38.8 Å². The second kappa shape index (κ2) is 8.81. The molecular weight excluding hydrogens is 424 g/mol. The van der Waals surface area contributed by atoms with Crippen molar-refractivity contribution in [2.24, 2.45) is 0 Å². The highest BCUT2D eigenvalue weighted by atomic mass is 35.5. The molecule has 0 saturated heterocycles. The summed E-state index contributed by atoms with van der Waals surface area (Å²) in [6, 6.07) is 15.8. The molecule has 0 aliphatic heterocycles. The third kappa shape index (κ3) is 4.10. The summed E-state index contributed by atoms with van der Waals surface area (Å²) in [5, 5.41) is 5.92. The summed E-state index contributed by atoms with van der Waals surface area (Å²) in [6.45, 7) is 0.665. The van der Waals surface area contributed by atoms with Crippen LogP contribution in [-0.4, -0.2) is 17.4 Å². The number of benzene rings is 2. The van der Waals surface area contributed by atoms with E-state index in [0.29, 0.717) is 11.6 Å². The van der Waals surface area contributed by atoms with Crippen LogP contribution in [0.25, 0.3) is 32.1 Å². The highest BCUT2D eigenvalue weighted by Crippen LogP contribution is 2.41. The lowest BCUT2D eigenvalue weighted by Crippen LogP contribution is -2.24.